The van der Waals surface area contributed by atoms with Gasteiger partial charge in [0, 0.05) is 44.2 Å². The molecule has 0 radical (unpaired) electrons. The van der Waals surface area contributed by atoms with E-state index in [1.165, 1.54) is 0 Å². The summed E-state index contributed by atoms with van der Waals surface area (Å²) in [6, 6.07) is 5.74. The molecule has 8 heteroatoms. The first kappa shape index (κ1) is 25.3. The maximum absolute atomic E-state index is 12.1. The minimum Gasteiger partial charge on any atom is -0.497 e. The number of amides is 1. The summed E-state index contributed by atoms with van der Waals surface area (Å²) in [6.45, 7) is 5.81. The minimum absolute atomic E-state index is 0. The number of carbonyl (C=O) groups is 1. The fourth-order valence-electron chi connectivity index (χ4n) is 3.24. The number of likely N-dealkylation sites (tertiary alicyclic amines) is 1. The highest BCUT2D eigenvalue weighted by atomic mass is 127. The summed E-state index contributed by atoms with van der Waals surface area (Å²) in [5, 5.41) is 6.62. The number of aliphatic imine (C=N–C) groups is 1. The van der Waals surface area contributed by atoms with E-state index >= 15 is 0 Å². The van der Waals surface area contributed by atoms with Gasteiger partial charge >= 0.3 is 0 Å². The zero-order valence-electron chi connectivity index (χ0n) is 17.8. The van der Waals surface area contributed by atoms with E-state index in [-0.39, 0.29) is 24.0 Å². The van der Waals surface area contributed by atoms with Gasteiger partial charge in [0.05, 0.1) is 20.8 Å². The molecule has 0 bridgehead atoms. The average molecular weight is 518 g/mol. The van der Waals surface area contributed by atoms with Crippen LogP contribution in [0.2, 0.25) is 0 Å². The van der Waals surface area contributed by atoms with Crippen molar-refractivity contribution in [3.8, 4) is 11.5 Å². The molecule has 0 aromatic heterocycles. The SMILES string of the molecule is CCNC(=NCc1ccc(OC)cc1OC)NCCCN1CCCCCC1=O.I. The lowest BCUT2D eigenvalue weighted by Gasteiger charge is -2.20. The number of hydrogen-bond acceptors (Lipinski definition) is 4. The molecule has 1 aliphatic heterocycles. The number of nitrogens with one attached hydrogen (secondary N) is 2. The number of hydrogen-bond donors (Lipinski definition) is 2. The molecular weight excluding hydrogens is 483 g/mol. The second-order valence-electron chi connectivity index (χ2n) is 6.84. The third-order valence-electron chi connectivity index (χ3n) is 4.81. The predicted octanol–water partition coefficient (Wildman–Crippen LogP) is 3.17. The van der Waals surface area contributed by atoms with Crippen LogP contribution in [0.25, 0.3) is 0 Å². The number of halogens is 1. The fourth-order valence-corrected chi connectivity index (χ4v) is 3.24. The van der Waals surface area contributed by atoms with E-state index in [1.807, 2.05) is 30.0 Å². The molecule has 1 heterocycles. The van der Waals surface area contributed by atoms with E-state index in [0.717, 1.165) is 74.9 Å². The molecule has 0 aliphatic carbocycles. The quantitative estimate of drug-likeness (QED) is 0.228. The van der Waals surface area contributed by atoms with E-state index < -0.39 is 0 Å². The van der Waals surface area contributed by atoms with E-state index in [2.05, 4.69) is 15.6 Å². The summed E-state index contributed by atoms with van der Waals surface area (Å²) in [4.78, 5) is 18.7. The van der Waals surface area contributed by atoms with Gasteiger partial charge in [-0.3, -0.25) is 4.79 Å². The first-order valence-corrected chi connectivity index (χ1v) is 10.2. The summed E-state index contributed by atoms with van der Waals surface area (Å²) in [7, 11) is 3.29. The number of methoxy groups -OCH3 is 2. The van der Waals surface area contributed by atoms with Crippen molar-refractivity contribution in [3.05, 3.63) is 23.8 Å². The largest absolute Gasteiger partial charge is 0.497 e. The number of guanidine groups is 1. The summed E-state index contributed by atoms with van der Waals surface area (Å²) in [5.41, 5.74) is 0.996. The van der Waals surface area contributed by atoms with Crippen molar-refractivity contribution < 1.29 is 14.3 Å². The van der Waals surface area contributed by atoms with Crippen LogP contribution >= 0.6 is 24.0 Å². The Balaban J connectivity index is 0.00000420. The molecule has 7 nitrogen and oxygen atoms in total. The Morgan fingerprint density at radius 3 is 2.72 bits per heavy atom. The zero-order chi connectivity index (χ0) is 20.2. The Morgan fingerprint density at radius 1 is 1.17 bits per heavy atom. The molecule has 0 unspecified atom stereocenters. The maximum atomic E-state index is 12.1. The molecule has 0 atom stereocenters. The molecule has 1 aromatic rings. The second kappa shape index (κ2) is 14.3. The highest BCUT2D eigenvalue weighted by Gasteiger charge is 2.15. The monoisotopic (exact) mass is 518 g/mol. The molecule has 1 aliphatic rings. The van der Waals surface area contributed by atoms with Crippen molar-refractivity contribution in [2.45, 2.75) is 45.6 Å². The van der Waals surface area contributed by atoms with Crippen LogP contribution in [0, 0.1) is 0 Å². The average Bonchev–Trinajstić information content (AvgIpc) is 2.93. The Labute approximate surface area is 191 Å². The second-order valence-corrected chi connectivity index (χ2v) is 6.84. The van der Waals surface area contributed by atoms with Crippen LogP contribution < -0.4 is 20.1 Å². The van der Waals surface area contributed by atoms with Gasteiger partial charge in [0.2, 0.25) is 5.91 Å². The van der Waals surface area contributed by atoms with Gasteiger partial charge in [-0.1, -0.05) is 6.42 Å². The van der Waals surface area contributed by atoms with E-state index in [1.54, 1.807) is 14.2 Å². The first-order valence-electron chi connectivity index (χ1n) is 10.2. The zero-order valence-corrected chi connectivity index (χ0v) is 20.2. The maximum Gasteiger partial charge on any atom is 0.222 e. The molecule has 1 saturated heterocycles. The van der Waals surface area contributed by atoms with Gasteiger partial charge in [-0.15, -0.1) is 24.0 Å². The molecule has 1 aromatic carbocycles. The van der Waals surface area contributed by atoms with Crippen LogP contribution in [0.4, 0.5) is 0 Å². The Morgan fingerprint density at radius 2 is 2.00 bits per heavy atom. The smallest absolute Gasteiger partial charge is 0.222 e. The van der Waals surface area contributed by atoms with Gasteiger partial charge in [-0.05, 0) is 38.3 Å². The van der Waals surface area contributed by atoms with Gasteiger partial charge in [0.15, 0.2) is 5.96 Å². The summed E-state index contributed by atoms with van der Waals surface area (Å²) in [6.07, 6.45) is 4.91. The van der Waals surface area contributed by atoms with Crippen molar-refractivity contribution in [1.29, 1.82) is 0 Å². The standard InChI is InChI=1S/C21H34N4O3.HI/c1-4-22-21(23-12-8-14-25-13-7-5-6-9-20(25)26)24-16-17-10-11-18(27-2)15-19(17)28-3;/h10-11,15H,4-9,12-14,16H2,1-3H3,(H2,22,23,24);1H. The van der Waals surface area contributed by atoms with E-state index in [4.69, 9.17) is 9.47 Å². The molecule has 0 spiro atoms. The number of nitrogens with zero attached hydrogens (tertiary/aromatic N) is 2. The molecule has 164 valence electrons. The van der Waals surface area contributed by atoms with Crippen LogP contribution in [0.3, 0.4) is 0 Å². The molecule has 1 fully saturated rings. The number of rotatable bonds is 9. The number of benzene rings is 1. The van der Waals surface area contributed by atoms with Gasteiger partial charge in [0.25, 0.3) is 0 Å². The van der Waals surface area contributed by atoms with Crippen molar-refractivity contribution in [2.24, 2.45) is 4.99 Å². The van der Waals surface area contributed by atoms with E-state index in [9.17, 15) is 4.79 Å². The Kier molecular flexibility index (Phi) is 12.5. The van der Waals surface area contributed by atoms with Crippen LogP contribution in [-0.4, -0.2) is 57.2 Å². The molecular formula is C21H35IN4O3. The highest BCUT2D eigenvalue weighted by molar-refractivity contribution is 14.0. The van der Waals surface area contributed by atoms with E-state index in [0.29, 0.717) is 18.9 Å². The lowest BCUT2D eigenvalue weighted by molar-refractivity contribution is -0.130. The number of ether oxygens (including phenoxy) is 2. The third-order valence-corrected chi connectivity index (χ3v) is 4.81. The third kappa shape index (κ3) is 8.67. The number of carbonyl (C=O) groups excluding carboxylic acids is 1. The van der Waals surface area contributed by atoms with Crippen molar-refractivity contribution in [1.82, 2.24) is 15.5 Å². The van der Waals surface area contributed by atoms with Crippen LogP contribution in [0.1, 0.15) is 44.6 Å². The van der Waals surface area contributed by atoms with Gasteiger partial charge in [-0.25, -0.2) is 4.99 Å². The first-order chi connectivity index (χ1) is 13.7. The van der Waals surface area contributed by atoms with Crippen molar-refractivity contribution in [3.63, 3.8) is 0 Å². The molecule has 2 N–H and O–H groups in total. The van der Waals surface area contributed by atoms with Gasteiger partial charge < -0.3 is 25.0 Å². The van der Waals surface area contributed by atoms with Gasteiger partial charge in [-0.2, -0.15) is 0 Å². The molecule has 2 rings (SSSR count). The Hall–Kier alpha value is -1.71. The predicted molar refractivity (Wildman–Crippen MR) is 127 cm³/mol. The van der Waals surface area contributed by atoms with Gasteiger partial charge in [0.1, 0.15) is 11.5 Å². The summed E-state index contributed by atoms with van der Waals surface area (Å²) >= 11 is 0. The fraction of sp³-hybridized carbons (Fsp3) is 0.619. The van der Waals surface area contributed by atoms with Crippen LogP contribution in [-0.2, 0) is 11.3 Å². The van der Waals surface area contributed by atoms with Crippen molar-refractivity contribution in [2.75, 3.05) is 40.4 Å². The van der Waals surface area contributed by atoms with Crippen molar-refractivity contribution >= 4 is 35.8 Å². The lowest BCUT2D eigenvalue weighted by atomic mass is 10.2. The van der Waals surface area contributed by atoms with Crippen LogP contribution in [0.15, 0.2) is 23.2 Å². The summed E-state index contributed by atoms with van der Waals surface area (Å²) in [5.74, 6) is 2.59. The lowest BCUT2D eigenvalue weighted by Crippen LogP contribution is -2.39. The Bertz CT molecular complexity index is 655. The topological polar surface area (TPSA) is 75.2 Å². The summed E-state index contributed by atoms with van der Waals surface area (Å²) < 4.78 is 10.7. The highest BCUT2D eigenvalue weighted by Crippen LogP contribution is 2.25. The minimum atomic E-state index is 0. The molecule has 0 saturated carbocycles. The molecule has 1 amide bonds. The van der Waals surface area contributed by atoms with Crippen LogP contribution in [0.5, 0.6) is 11.5 Å². The molecule has 29 heavy (non-hydrogen) atoms. The normalized spacial score (nSPS) is 14.7.